The Bertz CT molecular complexity index is 1580. The van der Waals surface area contributed by atoms with Crippen molar-refractivity contribution in [3.05, 3.63) is 112 Å². The van der Waals surface area contributed by atoms with Gasteiger partial charge in [-0.15, -0.1) is 0 Å². The minimum absolute atomic E-state index is 0.0688. The molecule has 0 saturated heterocycles. The molecule has 0 heterocycles. The van der Waals surface area contributed by atoms with E-state index in [4.69, 9.17) is 34.3 Å². The van der Waals surface area contributed by atoms with Crippen LogP contribution in [0.5, 0.6) is 28.7 Å². The Morgan fingerprint density at radius 2 is 1.26 bits per heavy atom. The smallest absolute Gasteiger partial charge is 0.188 e. The largest absolute Gasteiger partial charge is 0.489 e. The monoisotopic (exact) mass is 690 g/mol. The number of nitrogens with two attached hydrogens (primary N) is 1. The molecule has 0 saturated carbocycles. The summed E-state index contributed by atoms with van der Waals surface area (Å²) in [4.78, 5) is 0. The fraction of sp³-hybridized carbons (Fsp3) is 0.324. The SMILES string of the molecule is COCOc1cc(OCc2ccc(OCc3ccccc3)cc2)c(/C(=N/N)c2cc(OC(C)(C)C)cc(OC(C)(C)C)c2)cc1Br. The molecule has 0 aliphatic carbocycles. The molecule has 0 spiro atoms. The van der Waals surface area contributed by atoms with Crippen molar-refractivity contribution in [1.29, 1.82) is 0 Å². The molecule has 46 heavy (non-hydrogen) atoms. The summed E-state index contributed by atoms with van der Waals surface area (Å²) in [5.74, 6) is 9.18. The Labute approximate surface area is 280 Å². The second kappa shape index (κ2) is 15.4. The Hall–Kier alpha value is -4.21. The molecule has 4 rings (SSSR count). The number of benzene rings is 4. The maximum atomic E-state index is 6.41. The van der Waals surface area contributed by atoms with Crippen molar-refractivity contribution in [1.82, 2.24) is 0 Å². The van der Waals surface area contributed by atoms with Crippen LogP contribution in [0.3, 0.4) is 0 Å². The molecule has 0 radical (unpaired) electrons. The Morgan fingerprint density at radius 1 is 0.674 bits per heavy atom. The quantitative estimate of drug-likeness (QED) is 0.0649. The average molecular weight is 692 g/mol. The standard InChI is InChI=1S/C37H43BrN2O6/c1-36(2,3)45-29-17-27(18-30(19-29)46-37(4,5)6)35(40-39)31-20-32(38)34(44-24-41-7)21-33(31)43-23-26-13-15-28(16-14-26)42-22-25-11-9-8-10-12-25/h8-21H,22-24,39H2,1-7H3/b40-35+. The molecule has 0 aliphatic rings. The van der Waals surface area contributed by atoms with Crippen molar-refractivity contribution >= 4 is 21.6 Å². The predicted octanol–water partition coefficient (Wildman–Crippen LogP) is 8.66. The van der Waals surface area contributed by atoms with E-state index in [0.29, 0.717) is 50.9 Å². The third kappa shape index (κ3) is 10.4. The molecule has 0 unspecified atom stereocenters. The van der Waals surface area contributed by atoms with Crippen LogP contribution in [-0.2, 0) is 18.0 Å². The molecular weight excluding hydrogens is 648 g/mol. The Kier molecular flexibility index (Phi) is 11.6. The van der Waals surface area contributed by atoms with E-state index in [0.717, 1.165) is 16.9 Å². The highest BCUT2D eigenvalue weighted by Crippen LogP contribution is 2.37. The maximum Gasteiger partial charge on any atom is 0.188 e. The fourth-order valence-corrected chi connectivity index (χ4v) is 4.95. The topological polar surface area (TPSA) is 93.8 Å². The number of hydrazone groups is 1. The van der Waals surface area contributed by atoms with Gasteiger partial charge in [-0.2, -0.15) is 5.10 Å². The third-order valence-electron chi connectivity index (χ3n) is 6.32. The van der Waals surface area contributed by atoms with Crippen LogP contribution in [0.15, 0.2) is 94.5 Å². The van der Waals surface area contributed by atoms with E-state index in [1.54, 1.807) is 13.2 Å². The van der Waals surface area contributed by atoms with E-state index in [1.807, 2.05) is 120 Å². The summed E-state index contributed by atoms with van der Waals surface area (Å²) < 4.78 is 36.5. The first-order chi connectivity index (χ1) is 21.8. The minimum Gasteiger partial charge on any atom is -0.489 e. The van der Waals surface area contributed by atoms with Gasteiger partial charge in [0.2, 0.25) is 0 Å². The van der Waals surface area contributed by atoms with Gasteiger partial charge in [-0.25, -0.2) is 0 Å². The highest BCUT2D eigenvalue weighted by Gasteiger charge is 2.22. The first-order valence-electron chi connectivity index (χ1n) is 15.0. The van der Waals surface area contributed by atoms with E-state index in [1.165, 1.54) is 0 Å². The summed E-state index contributed by atoms with van der Waals surface area (Å²) in [7, 11) is 1.57. The van der Waals surface area contributed by atoms with Gasteiger partial charge in [-0.1, -0.05) is 42.5 Å². The first-order valence-corrected chi connectivity index (χ1v) is 15.8. The number of rotatable bonds is 13. The van der Waals surface area contributed by atoms with Gasteiger partial charge in [-0.3, -0.25) is 0 Å². The molecule has 0 bridgehead atoms. The van der Waals surface area contributed by atoms with Crippen molar-refractivity contribution in [3.8, 4) is 28.7 Å². The normalized spacial score (nSPS) is 12.0. The zero-order valence-corrected chi connectivity index (χ0v) is 29.1. The van der Waals surface area contributed by atoms with Crippen LogP contribution in [0.2, 0.25) is 0 Å². The van der Waals surface area contributed by atoms with E-state index in [2.05, 4.69) is 21.0 Å². The second-order valence-electron chi connectivity index (χ2n) is 12.6. The summed E-state index contributed by atoms with van der Waals surface area (Å²) in [6.45, 7) is 12.8. The minimum atomic E-state index is -0.433. The van der Waals surface area contributed by atoms with Crippen LogP contribution in [0.25, 0.3) is 0 Å². The molecule has 0 atom stereocenters. The summed E-state index contributed by atoms with van der Waals surface area (Å²) in [6.07, 6.45) is 0. The summed E-state index contributed by atoms with van der Waals surface area (Å²) >= 11 is 3.63. The molecule has 0 aromatic heterocycles. The number of nitrogens with zero attached hydrogens (tertiary/aromatic N) is 1. The van der Waals surface area contributed by atoms with E-state index in [9.17, 15) is 0 Å². The zero-order valence-electron chi connectivity index (χ0n) is 27.6. The van der Waals surface area contributed by atoms with Crippen molar-refractivity contribution in [2.45, 2.75) is 66.0 Å². The van der Waals surface area contributed by atoms with E-state index >= 15 is 0 Å². The van der Waals surface area contributed by atoms with Gasteiger partial charge in [0.15, 0.2) is 6.79 Å². The number of halogens is 1. The van der Waals surface area contributed by atoms with Crippen LogP contribution < -0.4 is 29.5 Å². The van der Waals surface area contributed by atoms with Crippen molar-refractivity contribution in [2.24, 2.45) is 10.9 Å². The lowest BCUT2D eigenvalue weighted by Gasteiger charge is -2.25. The van der Waals surface area contributed by atoms with Crippen molar-refractivity contribution < 1.29 is 28.4 Å². The second-order valence-corrected chi connectivity index (χ2v) is 13.5. The van der Waals surface area contributed by atoms with Gasteiger partial charge in [-0.05, 0) is 98.9 Å². The summed E-state index contributed by atoms with van der Waals surface area (Å²) in [5, 5.41) is 4.23. The number of hydrogen-bond donors (Lipinski definition) is 1. The van der Waals surface area contributed by atoms with E-state index in [-0.39, 0.29) is 13.4 Å². The van der Waals surface area contributed by atoms with Crippen LogP contribution >= 0.6 is 15.9 Å². The van der Waals surface area contributed by atoms with Crippen LogP contribution in [-0.4, -0.2) is 30.8 Å². The predicted molar refractivity (Wildman–Crippen MR) is 185 cm³/mol. The molecule has 0 fully saturated rings. The molecule has 2 N–H and O–H groups in total. The molecule has 8 nitrogen and oxygen atoms in total. The summed E-state index contributed by atoms with van der Waals surface area (Å²) in [5.41, 5.74) is 3.02. The molecule has 9 heteroatoms. The molecule has 0 amide bonds. The molecular formula is C37H43BrN2O6. The first kappa shape index (κ1) is 34.7. The lowest BCUT2D eigenvalue weighted by Crippen LogP contribution is -2.25. The van der Waals surface area contributed by atoms with Gasteiger partial charge < -0.3 is 34.3 Å². The molecule has 4 aromatic rings. The summed E-state index contributed by atoms with van der Waals surface area (Å²) in [6, 6.07) is 27.2. The molecule has 0 aliphatic heterocycles. The zero-order chi connectivity index (χ0) is 33.3. The third-order valence-corrected chi connectivity index (χ3v) is 6.94. The van der Waals surface area contributed by atoms with Crippen molar-refractivity contribution in [2.75, 3.05) is 13.9 Å². The van der Waals surface area contributed by atoms with Crippen LogP contribution in [0.4, 0.5) is 0 Å². The van der Waals surface area contributed by atoms with Crippen molar-refractivity contribution in [3.63, 3.8) is 0 Å². The fourth-order valence-electron chi connectivity index (χ4n) is 4.49. The highest BCUT2D eigenvalue weighted by atomic mass is 79.9. The van der Waals surface area contributed by atoms with Gasteiger partial charge >= 0.3 is 0 Å². The van der Waals surface area contributed by atoms with Gasteiger partial charge in [0.05, 0.1) is 4.47 Å². The van der Waals surface area contributed by atoms with Gasteiger partial charge in [0, 0.05) is 30.4 Å². The van der Waals surface area contributed by atoms with Crippen LogP contribution in [0.1, 0.15) is 63.8 Å². The lowest BCUT2D eigenvalue weighted by molar-refractivity contribution is 0.0503. The maximum absolute atomic E-state index is 6.41. The number of ether oxygens (including phenoxy) is 6. The lowest BCUT2D eigenvalue weighted by atomic mass is 10.00. The Balaban J connectivity index is 1.65. The van der Waals surface area contributed by atoms with Crippen LogP contribution in [0, 0.1) is 0 Å². The van der Waals surface area contributed by atoms with Gasteiger partial charge in [0.1, 0.15) is 58.9 Å². The molecule has 4 aromatic carbocycles. The number of hydrogen-bond acceptors (Lipinski definition) is 8. The van der Waals surface area contributed by atoms with Gasteiger partial charge in [0.25, 0.3) is 0 Å². The van der Waals surface area contributed by atoms with E-state index < -0.39 is 11.2 Å². The number of methoxy groups -OCH3 is 1. The average Bonchev–Trinajstić information content (AvgIpc) is 2.98. The highest BCUT2D eigenvalue weighted by molar-refractivity contribution is 9.10. The molecule has 244 valence electrons. The Morgan fingerprint density at radius 3 is 1.83 bits per heavy atom.